The maximum atomic E-state index is 14.0. The van der Waals surface area contributed by atoms with Gasteiger partial charge in [-0.3, -0.25) is 4.79 Å². The molecular formula is C17H18F2N2O4. The molecule has 1 fully saturated rings. The van der Waals surface area contributed by atoms with E-state index in [9.17, 15) is 18.4 Å². The molecule has 2 heterocycles. The lowest BCUT2D eigenvalue weighted by Gasteiger charge is -2.38. The minimum absolute atomic E-state index is 0.0959. The van der Waals surface area contributed by atoms with Gasteiger partial charge in [-0.15, -0.1) is 0 Å². The van der Waals surface area contributed by atoms with E-state index in [4.69, 9.17) is 9.26 Å². The van der Waals surface area contributed by atoms with Gasteiger partial charge in [-0.1, -0.05) is 0 Å². The van der Waals surface area contributed by atoms with E-state index in [2.05, 4.69) is 5.16 Å². The second kappa shape index (κ2) is 7.08. The smallest absolute Gasteiger partial charge is 0.409 e. The lowest BCUT2D eigenvalue weighted by Crippen LogP contribution is -2.46. The third-order valence-corrected chi connectivity index (χ3v) is 4.53. The normalized spacial score (nSPS) is 20.5. The van der Waals surface area contributed by atoms with E-state index in [0.29, 0.717) is 25.1 Å². The average Bonchev–Trinajstić information content (AvgIpc) is 3.04. The van der Waals surface area contributed by atoms with Crippen molar-refractivity contribution in [3.8, 4) is 0 Å². The molecule has 0 spiro atoms. The van der Waals surface area contributed by atoms with Crippen LogP contribution in [-0.4, -0.2) is 35.8 Å². The van der Waals surface area contributed by atoms with E-state index in [1.807, 2.05) is 0 Å². The molecule has 0 bridgehead atoms. The fourth-order valence-electron chi connectivity index (χ4n) is 3.31. The number of nitrogens with one attached hydrogen (secondary N) is 1. The van der Waals surface area contributed by atoms with Gasteiger partial charge in [0.1, 0.15) is 17.4 Å². The summed E-state index contributed by atoms with van der Waals surface area (Å²) in [5.41, 5.74) is -0.145. The number of piperidine rings is 1. The average molecular weight is 352 g/mol. The number of carbonyl (C=O) groups is 1. The van der Waals surface area contributed by atoms with Gasteiger partial charge in [0.05, 0.1) is 7.11 Å². The number of halogens is 2. The zero-order valence-corrected chi connectivity index (χ0v) is 13.6. The van der Waals surface area contributed by atoms with Crippen molar-refractivity contribution in [1.82, 2.24) is 10.1 Å². The van der Waals surface area contributed by atoms with Gasteiger partial charge in [-0.2, -0.15) is 5.16 Å². The number of nitrogens with zero attached hydrogens (tertiary/aromatic N) is 1. The molecule has 2 atom stereocenters. The summed E-state index contributed by atoms with van der Waals surface area (Å²) in [6.07, 6.45) is 0.657. The molecule has 1 aliphatic rings. The second-order valence-corrected chi connectivity index (χ2v) is 6.09. The Kier molecular flexibility index (Phi) is 4.87. The van der Waals surface area contributed by atoms with Crippen LogP contribution < -0.4 is 5.56 Å². The Hall–Kier alpha value is -2.64. The molecule has 1 aliphatic heterocycles. The Bertz CT molecular complexity index is 817. The van der Waals surface area contributed by atoms with Crippen molar-refractivity contribution in [3.63, 3.8) is 0 Å². The molecule has 0 radical (unpaired) electrons. The molecule has 1 N–H and O–H groups in total. The van der Waals surface area contributed by atoms with Crippen LogP contribution in [0.25, 0.3) is 0 Å². The van der Waals surface area contributed by atoms with Gasteiger partial charge in [0, 0.05) is 24.6 Å². The van der Waals surface area contributed by atoms with Crippen molar-refractivity contribution in [1.29, 1.82) is 0 Å². The maximum Gasteiger partial charge on any atom is 0.409 e. The summed E-state index contributed by atoms with van der Waals surface area (Å²) in [6.45, 7) is 0.369. The first-order chi connectivity index (χ1) is 12.0. The molecule has 1 aromatic heterocycles. The molecule has 0 unspecified atom stereocenters. The zero-order chi connectivity index (χ0) is 18.0. The number of aromatic amines is 1. The summed E-state index contributed by atoms with van der Waals surface area (Å²) in [5.74, 6) is -0.660. The van der Waals surface area contributed by atoms with Crippen LogP contribution >= 0.6 is 0 Å². The van der Waals surface area contributed by atoms with Gasteiger partial charge in [-0.05, 0) is 43.0 Å². The van der Waals surface area contributed by atoms with Crippen LogP contribution in [0.2, 0.25) is 0 Å². The monoisotopic (exact) mass is 352 g/mol. The van der Waals surface area contributed by atoms with Crippen molar-refractivity contribution in [2.75, 3.05) is 13.7 Å². The molecule has 1 amide bonds. The number of benzene rings is 1. The van der Waals surface area contributed by atoms with Crippen LogP contribution in [0.15, 0.2) is 33.6 Å². The van der Waals surface area contributed by atoms with Gasteiger partial charge < -0.3 is 14.2 Å². The summed E-state index contributed by atoms with van der Waals surface area (Å²) in [6, 6.07) is 4.22. The van der Waals surface area contributed by atoms with Crippen molar-refractivity contribution < 1.29 is 22.8 Å². The summed E-state index contributed by atoms with van der Waals surface area (Å²) in [7, 11) is 1.28. The predicted octanol–water partition coefficient (Wildman–Crippen LogP) is 2.80. The highest BCUT2D eigenvalue weighted by molar-refractivity contribution is 5.68. The highest BCUT2D eigenvalue weighted by Gasteiger charge is 2.35. The van der Waals surface area contributed by atoms with Gasteiger partial charge in [0.15, 0.2) is 0 Å². The lowest BCUT2D eigenvalue weighted by atomic mass is 9.86. The quantitative estimate of drug-likeness (QED) is 0.922. The number of amides is 1. The Morgan fingerprint density at radius 1 is 1.40 bits per heavy atom. The summed E-state index contributed by atoms with van der Waals surface area (Å²) in [5, 5.41) is 2.25. The zero-order valence-electron chi connectivity index (χ0n) is 13.6. The predicted molar refractivity (Wildman–Crippen MR) is 84.3 cm³/mol. The number of ether oxygens (including phenoxy) is 1. The number of H-pyrrole nitrogens is 1. The van der Waals surface area contributed by atoms with Crippen LogP contribution in [0.3, 0.4) is 0 Å². The Labute approximate surface area is 142 Å². The molecule has 3 rings (SSSR count). The third kappa shape index (κ3) is 3.72. The molecule has 8 heteroatoms. The number of methoxy groups -OCH3 is 1. The Balaban J connectivity index is 1.85. The van der Waals surface area contributed by atoms with E-state index < -0.39 is 23.8 Å². The molecule has 2 aromatic rings. The highest BCUT2D eigenvalue weighted by atomic mass is 19.1. The molecule has 0 aliphatic carbocycles. The number of rotatable bonds is 3. The number of hydrogen-bond donors (Lipinski definition) is 1. The van der Waals surface area contributed by atoms with E-state index in [-0.39, 0.29) is 23.5 Å². The van der Waals surface area contributed by atoms with Crippen LogP contribution in [0.1, 0.15) is 30.1 Å². The molecule has 1 aromatic carbocycles. The molecule has 134 valence electrons. The summed E-state index contributed by atoms with van der Waals surface area (Å²) in [4.78, 5) is 24.8. The van der Waals surface area contributed by atoms with Gasteiger partial charge in [-0.25, -0.2) is 13.6 Å². The first-order valence-corrected chi connectivity index (χ1v) is 7.95. The van der Waals surface area contributed by atoms with E-state index in [0.717, 1.165) is 18.2 Å². The van der Waals surface area contributed by atoms with Crippen molar-refractivity contribution in [2.45, 2.75) is 31.2 Å². The van der Waals surface area contributed by atoms with E-state index >= 15 is 0 Å². The van der Waals surface area contributed by atoms with Crippen LogP contribution in [0, 0.1) is 11.6 Å². The summed E-state index contributed by atoms with van der Waals surface area (Å²) < 4.78 is 37.4. The SMILES string of the molecule is COC(=O)N1CC[C@@H](c2cc(=O)[nH]o2)C[C@H]1Cc1cc(F)ccc1F. The first-order valence-electron chi connectivity index (χ1n) is 7.95. The molecule has 1 saturated heterocycles. The first kappa shape index (κ1) is 17.2. The van der Waals surface area contributed by atoms with Crippen molar-refractivity contribution in [3.05, 3.63) is 57.6 Å². The van der Waals surface area contributed by atoms with Crippen LogP contribution in [-0.2, 0) is 11.2 Å². The number of carbonyl (C=O) groups excluding carboxylic acids is 1. The largest absolute Gasteiger partial charge is 0.453 e. The van der Waals surface area contributed by atoms with E-state index in [1.54, 1.807) is 0 Å². The maximum absolute atomic E-state index is 14.0. The minimum Gasteiger partial charge on any atom is -0.453 e. The topological polar surface area (TPSA) is 75.5 Å². The molecular weight excluding hydrogens is 334 g/mol. The Morgan fingerprint density at radius 2 is 2.20 bits per heavy atom. The molecule has 25 heavy (non-hydrogen) atoms. The summed E-state index contributed by atoms with van der Waals surface area (Å²) >= 11 is 0. The van der Waals surface area contributed by atoms with Crippen LogP contribution in [0.5, 0.6) is 0 Å². The van der Waals surface area contributed by atoms with Gasteiger partial charge in [0.2, 0.25) is 0 Å². The van der Waals surface area contributed by atoms with E-state index in [1.165, 1.54) is 18.1 Å². The fourth-order valence-corrected chi connectivity index (χ4v) is 3.31. The number of hydrogen-bond acceptors (Lipinski definition) is 4. The second-order valence-electron chi connectivity index (χ2n) is 6.09. The number of aromatic nitrogens is 1. The fraction of sp³-hybridized carbons (Fsp3) is 0.412. The third-order valence-electron chi connectivity index (χ3n) is 4.53. The van der Waals surface area contributed by atoms with Crippen molar-refractivity contribution >= 4 is 6.09 Å². The van der Waals surface area contributed by atoms with Gasteiger partial charge in [0.25, 0.3) is 5.56 Å². The van der Waals surface area contributed by atoms with Crippen molar-refractivity contribution in [2.24, 2.45) is 0 Å². The molecule has 0 saturated carbocycles. The minimum atomic E-state index is -0.537. The molecule has 6 nitrogen and oxygen atoms in total. The van der Waals surface area contributed by atoms with Crippen LogP contribution in [0.4, 0.5) is 13.6 Å². The highest BCUT2D eigenvalue weighted by Crippen LogP contribution is 2.33. The standard InChI is InChI=1S/C17H18F2N2O4/c1-24-17(23)21-5-4-10(15-9-16(22)20-25-15)7-13(21)8-11-6-12(18)2-3-14(11)19/h2-3,6,9-10,13H,4-5,7-8H2,1H3,(H,20,22)/t10-,13+/m1/s1. The lowest BCUT2D eigenvalue weighted by molar-refractivity contribution is 0.0814. The Morgan fingerprint density at radius 3 is 2.88 bits per heavy atom. The number of likely N-dealkylation sites (tertiary alicyclic amines) is 1. The van der Waals surface area contributed by atoms with Gasteiger partial charge >= 0.3 is 6.09 Å².